The Labute approximate surface area is 137 Å². The van der Waals surface area contributed by atoms with Gasteiger partial charge in [-0.25, -0.2) is 0 Å². The number of hydrogen-bond acceptors (Lipinski definition) is 3. The Morgan fingerprint density at radius 3 is 2.27 bits per heavy atom. The fraction of sp³-hybridized carbons (Fsp3) is 0.0588. The summed E-state index contributed by atoms with van der Waals surface area (Å²) in [6, 6.07) is 16.7. The van der Waals surface area contributed by atoms with Crippen molar-refractivity contribution in [3.05, 3.63) is 70.3 Å². The van der Waals surface area contributed by atoms with Gasteiger partial charge in [-0.15, -0.1) is 0 Å². The van der Waals surface area contributed by atoms with Gasteiger partial charge in [-0.2, -0.15) is 5.26 Å². The lowest BCUT2D eigenvalue weighted by Crippen LogP contribution is -2.14. The van der Waals surface area contributed by atoms with Crippen molar-refractivity contribution in [1.82, 2.24) is 0 Å². The zero-order valence-electron chi connectivity index (χ0n) is 11.9. The van der Waals surface area contributed by atoms with Crippen LogP contribution < -0.4 is 10.6 Å². The number of anilines is 2. The Hall–Kier alpha value is -2.58. The van der Waals surface area contributed by atoms with Crippen LogP contribution in [0, 0.1) is 18.3 Å². The topological polar surface area (TPSA) is 64.9 Å². The molecule has 0 heterocycles. The minimum Gasteiger partial charge on any atom is -0.360 e. The molecule has 2 rings (SSSR count). The van der Waals surface area contributed by atoms with E-state index in [0.29, 0.717) is 5.69 Å². The van der Waals surface area contributed by atoms with Crippen molar-refractivity contribution in [2.24, 2.45) is 0 Å². The van der Waals surface area contributed by atoms with Crippen LogP contribution in [0.15, 0.2) is 64.8 Å². The normalized spacial score (nSPS) is 10.7. The van der Waals surface area contributed by atoms with Crippen LogP contribution in [-0.2, 0) is 4.79 Å². The van der Waals surface area contributed by atoms with E-state index in [4.69, 9.17) is 5.26 Å². The van der Waals surface area contributed by atoms with Crippen LogP contribution in [0.25, 0.3) is 0 Å². The summed E-state index contributed by atoms with van der Waals surface area (Å²) >= 11 is 3.34. The van der Waals surface area contributed by atoms with Crippen LogP contribution in [0.3, 0.4) is 0 Å². The molecular formula is C17H14BrN3O. The maximum Gasteiger partial charge on any atom is 0.267 e. The Kier molecular flexibility index (Phi) is 5.34. The van der Waals surface area contributed by atoms with Crippen LogP contribution in [0.4, 0.5) is 11.4 Å². The third-order valence-electron chi connectivity index (χ3n) is 2.90. The molecule has 0 unspecified atom stereocenters. The maximum atomic E-state index is 12.1. The van der Waals surface area contributed by atoms with Crippen LogP contribution in [-0.4, -0.2) is 5.91 Å². The molecule has 0 saturated heterocycles. The van der Waals surface area contributed by atoms with Gasteiger partial charge in [0.05, 0.1) is 0 Å². The maximum absolute atomic E-state index is 12.1. The van der Waals surface area contributed by atoms with E-state index in [1.54, 1.807) is 12.1 Å². The van der Waals surface area contributed by atoms with E-state index >= 15 is 0 Å². The number of hydrogen-bond donors (Lipinski definition) is 2. The van der Waals surface area contributed by atoms with Crippen molar-refractivity contribution in [2.45, 2.75) is 6.92 Å². The minimum atomic E-state index is -0.448. The lowest BCUT2D eigenvalue weighted by molar-refractivity contribution is -0.112. The van der Waals surface area contributed by atoms with Crippen LogP contribution in [0.2, 0.25) is 0 Å². The van der Waals surface area contributed by atoms with Gasteiger partial charge in [0, 0.05) is 22.0 Å². The summed E-state index contributed by atoms with van der Waals surface area (Å²) in [5.41, 5.74) is 2.55. The van der Waals surface area contributed by atoms with Gasteiger partial charge in [0.15, 0.2) is 0 Å². The molecule has 0 aliphatic heterocycles. The molecule has 110 valence electrons. The lowest BCUT2D eigenvalue weighted by atomic mass is 10.2. The highest BCUT2D eigenvalue weighted by Gasteiger charge is 2.09. The molecule has 2 aromatic rings. The van der Waals surface area contributed by atoms with E-state index in [1.807, 2.05) is 49.4 Å². The Morgan fingerprint density at radius 2 is 1.68 bits per heavy atom. The monoisotopic (exact) mass is 355 g/mol. The van der Waals surface area contributed by atoms with Gasteiger partial charge < -0.3 is 10.6 Å². The van der Waals surface area contributed by atoms with Gasteiger partial charge in [-0.3, -0.25) is 4.79 Å². The first kappa shape index (κ1) is 15.8. The fourth-order valence-electron chi connectivity index (χ4n) is 1.69. The Morgan fingerprint density at radius 1 is 1.09 bits per heavy atom. The van der Waals surface area contributed by atoms with Crippen molar-refractivity contribution in [3.63, 3.8) is 0 Å². The van der Waals surface area contributed by atoms with Crippen LogP contribution in [0.5, 0.6) is 0 Å². The number of aryl methyl sites for hydroxylation is 1. The van der Waals surface area contributed by atoms with Gasteiger partial charge in [-0.05, 0) is 43.3 Å². The predicted molar refractivity (Wildman–Crippen MR) is 91.3 cm³/mol. The molecule has 1 amide bonds. The molecule has 2 N–H and O–H groups in total. The van der Waals surface area contributed by atoms with Gasteiger partial charge in [0.1, 0.15) is 11.6 Å². The molecule has 0 bridgehead atoms. The number of nitrogens with one attached hydrogen (secondary N) is 2. The smallest absolute Gasteiger partial charge is 0.267 e. The third-order valence-corrected chi connectivity index (χ3v) is 3.43. The first-order valence-electron chi connectivity index (χ1n) is 6.59. The van der Waals surface area contributed by atoms with E-state index in [0.717, 1.165) is 15.7 Å². The van der Waals surface area contributed by atoms with Crippen LogP contribution in [0.1, 0.15) is 5.56 Å². The second-order valence-corrected chi connectivity index (χ2v) is 5.56. The molecule has 0 aliphatic carbocycles. The molecule has 0 aromatic heterocycles. The summed E-state index contributed by atoms with van der Waals surface area (Å²) in [5, 5.41) is 14.7. The molecule has 0 spiro atoms. The van der Waals surface area contributed by atoms with Gasteiger partial charge in [-0.1, -0.05) is 33.6 Å². The number of carbonyl (C=O) groups excluding carboxylic acids is 1. The molecule has 0 atom stereocenters. The van der Waals surface area contributed by atoms with E-state index in [1.165, 1.54) is 6.20 Å². The van der Waals surface area contributed by atoms with Crippen molar-refractivity contribution in [1.29, 1.82) is 5.26 Å². The molecule has 5 heteroatoms. The highest BCUT2D eigenvalue weighted by atomic mass is 79.9. The average Bonchev–Trinajstić information content (AvgIpc) is 2.52. The highest BCUT2D eigenvalue weighted by molar-refractivity contribution is 9.10. The van der Waals surface area contributed by atoms with Crippen molar-refractivity contribution in [3.8, 4) is 6.07 Å². The first-order chi connectivity index (χ1) is 10.6. The molecule has 0 saturated carbocycles. The van der Waals surface area contributed by atoms with E-state index < -0.39 is 5.91 Å². The predicted octanol–water partition coefficient (Wildman–Crippen LogP) is 4.22. The molecule has 22 heavy (non-hydrogen) atoms. The number of benzene rings is 2. The number of amides is 1. The second-order valence-electron chi connectivity index (χ2n) is 4.64. The number of carbonyl (C=O) groups is 1. The van der Waals surface area contributed by atoms with Crippen molar-refractivity contribution < 1.29 is 4.79 Å². The lowest BCUT2D eigenvalue weighted by Gasteiger charge is -2.05. The highest BCUT2D eigenvalue weighted by Crippen LogP contribution is 2.15. The van der Waals surface area contributed by atoms with E-state index in [9.17, 15) is 4.79 Å². The molecule has 0 fully saturated rings. The van der Waals surface area contributed by atoms with E-state index in [-0.39, 0.29) is 5.57 Å². The first-order valence-corrected chi connectivity index (χ1v) is 7.38. The average molecular weight is 356 g/mol. The molecule has 0 aliphatic rings. The summed E-state index contributed by atoms with van der Waals surface area (Å²) in [6.07, 6.45) is 1.40. The number of halogens is 1. The number of rotatable bonds is 4. The number of nitrogens with zero attached hydrogens (tertiary/aromatic N) is 1. The third kappa shape index (κ3) is 4.47. The number of nitriles is 1. The largest absolute Gasteiger partial charge is 0.360 e. The summed E-state index contributed by atoms with van der Waals surface area (Å²) in [6.45, 7) is 1.97. The molecular weight excluding hydrogens is 342 g/mol. The summed E-state index contributed by atoms with van der Waals surface area (Å²) in [7, 11) is 0. The molecule has 2 aromatic carbocycles. The zero-order chi connectivity index (χ0) is 15.9. The molecule has 0 radical (unpaired) electrons. The van der Waals surface area contributed by atoms with Crippen molar-refractivity contribution in [2.75, 3.05) is 10.6 Å². The van der Waals surface area contributed by atoms with Gasteiger partial charge in [0.2, 0.25) is 0 Å². The second kappa shape index (κ2) is 7.43. The SMILES string of the molecule is Cc1ccc(NC(=O)/C(C#N)=C\Nc2ccc(Br)cc2)cc1. The summed E-state index contributed by atoms with van der Waals surface area (Å²) in [5.74, 6) is -0.448. The summed E-state index contributed by atoms with van der Waals surface area (Å²) < 4.78 is 0.958. The fourth-order valence-corrected chi connectivity index (χ4v) is 1.95. The summed E-state index contributed by atoms with van der Waals surface area (Å²) in [4.78, 5) is 12.1. The quantitative estimate of drug-likeness (QED) is 0.637. The van der Waals surface area contributed by atoms with E-state index in [2.05, 4.69) is 26.6 Å². The Balaban J connectivity index is 2.05. The van der Waals surface area contributed by atoms with Crippen molar-refractivity contribution >= 4 is 33.2 Å². The standard InChI is InChI=1S/C17H14BrN3O/c1-12-2-6-16(7-3-12)21-17(22)13(10-19)11-20-15-8-4-14(18)5-9-15/h2-9,11,20H,1H3,(H,21,22)/b13-11-. The van der Waals surface area contributed by atoms with Crippen LogP contribution >= 0.6 is 15.9 Å². The van der Waals surface area contributed by atoms with Gasteiger partial charge in [0.25, 0.3) is 5.91 Å². The Bertz CT molecular complexity index is 728. The minimum absolute atomic E-state index is 0.00323. The molecule has 4 nitrogen and oxygen atoms in total. The van der Waals surface area contributed by atoms with Gasteiger partial charge >= 0.3 is 0 Å². The zero-order valence-corrected chi connectivity index (χ0v) is 13.5.